The van der Waals surface area contributed by atoms with Gasteiger partial charge in [0, 0.05) is 25.2 Å². The van der Waals surface area contributed by atoms with Crippen LogP contribution >= 0.6 is 0 Å². The molecule has 1 unspecified atom stereocenters. The molecular weight excluding hydrogens is 216 g/mol. The maximum absolute atomic E-state index is 12.0. The molecule has 1 aliphatic rings. The van der Waals surface area contributed by atoms with Crippen molar-refractivity contribution in [1.29, 1.82) is 0 Å². The molecular formula is C13H26N2O2. The summed E-state index contributed by atoms with van der Waals surface area (Å²) in [5.74, 6) is 0. The fraction of sp³-hybridized carbons (Fsp3) is 0.923. The highest BCUT2D eigenvalue weighted by atomic mass is 16.5. The minimum absolute atomic E-state index is 0.0299. The molecule has 0 saturated carbocycles. The maximum atomic E-state index is 12.0. The predicted molar refractivity (Wildman–Crippen MR) is 69.1 cm³/mol. The molecule has 1 saturated heterocycles. The second-order valence-corrected chi connectivity index (χ2v) is 5.76. The van der Waals surface area contributed by atoms with Crippen molar-refractivity contribution in [1.82, 2.24) is 10.2 Å². The number of hydrogen-bond donors (Lipinski definition) is 1. The van der Waals surface area contributed by atoms with Gasteiger partial charge in [0.1, 0.15) is 0 Å². The minimum Gasteiger partial charge on any atom is -0.376 e. The lowest BCUT2D eigenvalue weighted by Crippen LogP contribution is -2.52. The minimum atomic E-state index is -0.172. The predicted octanol–water partition coefficient (Wildman–Crippen LogP) is 2.39. The molecule has 1 heterocycles. The van der Waals surface area contributed by atoms with E-state index in [-0.39, 0.29) is 17.7 Å². The van der Waals surface area contributed by atoms with Gasteiger partial charge in [0.15, 0.2) is 0 Å². The zero-order chi connectivity index (χ0) is 12.9. The number of piperidine rings is 1. The number of carbonyl (C=O) groups excluding carboxylic acids is 1. The van der Waals surface area contributed by atoms with Gasteiger partial charge in [0.05, 0.1) is 6.10 Å². The normalized spacial score (nSPS) is 21.4. The lowest BCUT2D eigenvalue weighted by Gasteiger charge is -2.34. The highest BCUT2D eigenvalue weighted by molar-refractivity contribution is 5.75. The average molecular weight is 242 g/mol. The number of urea groups is 1. The van der Waals surface area contributed by atoms with E-state index in [1.807, 2.05) is 25.7 Å². The Kier molecular flexibility index (Phi) is 5.25. The third-order valence-corrected chi connectivity index (χ3v) is 2.70. The maximum Gasteiger partial charge on any atom is 0.317 e. The molecule has 100 valence electrons. The first-order valence-electron chi connectivity index (χ1n) is 6.61. The van der Waals surface area contributed by atoms with Gasteiger partial charge >= 0.3 is 6.03 Å². The molecule has 0 aromatic heterocycles. The molecule has 0 aliphatic carbocycles. The van der Waals surface area contributed by atoms with Crippen LogP contribution in [-0.4, -0.2) is 42.3 Å². The highest BCUT2D eigenvalue weighted by Gasteiger charge is 2.26. The van der Waals surface area contributed by atoms with E-state index in [0.29, 0.717) is 0 Å². The van der Waals surface area contributed by atoms with Gasteiger partial charge in [-0.3, -0.25) is 0 Å². The van der Waals surface area contributed by atoms with E-state index in [4.69, 9.17) is 4.74 Å². The van der Waals surface area contributed by atoms with E-state index in [1.54, 1.807) is 0 Å². The van der Waals surface area contributed by atoms with Crippen molar-refractivity contribution in [2.45, 2.75) is 58.6 Å². The Hall–Kier alpha value is -0.770. The van der Waals surface area contributed by atoms with Crippen LogP contribution in [0, 0.1) is 0 Å². The quantitative estimate of drug-likeness (QED) is 0.825. The van der Waals surface area contributed by atoms with Crippen LogP contribution in [-0.2, 0) is 4.74 Å². The van der Waals surface area contributed by atoms with Gasteiger partial charge in [-0.25, -0.2) is 4.79 Å². The average Bonchev–Trinajstić information content (AvgIpc) is 2.24. The smallest absolute Gasteiger partial charge is 0.317 e. The summed E-state index contributed by atoms with van der Waals surface area (Å²) in [5.41, 5.74) is -0.172. The molecule has 1 rings (SSSR count). The topological polar surface area (TPSA) is 41.6 Å². The van der Waals surface area contributed by atoms with Crippen LogP contribution in [0.25, 0.3) is 0 Å². The Morgan fingerprint density at radius 3 is 2.76 bits per heavy atom. The van der Waals surface area contributed by atoms with Crippen LogP contribution < -0.4 is 5.32 Å². The van der Waals surface area contributed by atoms with Crippen LogP contribution in [0.2, 0.25) is 0 Å². The van der Waals surface area contributed by atoms with E-state index in [2.05, 4.69) is 12.2 Å². The van der Waals surface area contributed by atoms with E-state index in [9.17, 15) is 4.79 Å². The Balaban J connectivity index is 2.40. The number of amides is 2. The van der Waals surface area contributed by atoms with Crippen molar-refractivity contribution in [2.24, 2.45) is 0 Å². The molecule has 17 heavy (non-hydrogen) atoms. The number of rotatable bonds is 3. The largest absolute Gasteiger partial charge is 0.376 e. The highest BCUT2D eigenvalue weighted by Crippen LogP contribution is 2.14. The van der Waals surface area contributed by atoms with Gasteiger partial charge in [-0.1, -0.05) is 6.92 Å². The summed E-state index contributed by atoms with van der Waals surface area (Å²) in [5, 5.41) is 3.00. The van der Waals surface area contributed by atoms with E-state index >= 15 is 0 Å². The van der Waals surface area contributed by atoms with E-state index in [0.717, 1.165) is 39.0 Å². The monoisotopic (exact) mass is 242 g/mol. The lowest BCUT2D eigenvalue weighted by molar-refractivity contribution is 0.00941. The number of likely N-dealkylation sites (tertiary alicyclic amines) is 1. The van der Waals surface area contributed by atoms with E-state index in [1.165, 1.54) is 0 Å². The fourth-order valence-corrected chi connectivity index (χ4v) is 1.94. The van der Waals surface area contributed by atoms with Crippen LogP contribution in [0.4, 0.5) is 4.79 Å². The second-order valence-electron chi connectivity index (χ2n) is 5.76. The van der Waals surface area contributed by atoms with Gasteiger partial charge < -0.3 is 15.0 Å². The van der Waals surface area contributed by atoms with Crippen molar-refractivity contribution in [2.75, 3.05) is 19.7 Å². The number of ether oxygens (including phenoxy) is 1. The molecule has 1 aliphatic heterocycles. The molecule has 2 amide bonds. The molecule has 1 N–H and O–H groups in total. The zero-order valence-electron chi connectivity index (χ0n) is 11.6. The molecule has 1 atom stereocenters. The molecule has 4 nitrogen and oxygen atoms in total. The van der Waals surface area contributed by atoms with Crippen LogP contribution in [0.5, 0.6) is 0 Å². The lowest BCUT2D eigenvalue weighted by atomic mass is 10.1. The summed E-state index contributed by atoms with van der Waals surface area (Å²) >= 11 is 0. The first-order chi connectivity index (χ1) is 7.92. The SMILES string of the molecule is CCCOC1CCCN(C(=O)NC(C)(C)C)C1. The summed E-state index contributed by atoms with van der Waals surface area (Å²) < 4.78 is 5.72. The summed E-state index contributed by atoms with van der Waals surface area (Å²) in [6, 6.07) is 0.0299. The third-order valence-electron chi connectivity index (χ3n) is 2.70. The Labute approximate surface area is 105 Å². The molecule has 0 radical (unpaired) electrons. The van der Waals surface area contributed by atoms with Crippen LogP contribution in [0.1, 0.15) is 47.0 Å². The van der Waals surface area contributed by atoms with Crippen molar-refractivity contribution in [3.8, 4) is 0 Å². The number of nitrogens with one attached hydrogen (secondary N) is 1. The Morgan fingerprint density at radius 2 is 2.18 bits per heavy atom. The molecule has 4 heteroatoms. The van der Waals surface area contributed by atoms with Crippen LogP contribution in [0.3, 0.4) is 0 Å². The molecule has 0 aromatic carbocycles. The second kappa shape index (κ2) is 6.24. The third kappa shape index (κ3) is 5.39. The van der Waals surface area contributed by atoms with Gasteiger partial charge in [0.2, 0.25) is 0 Å². The van der Waals surface area contributed by atoms with Crippen molar-refractivity contribution in [3.63, 3.8) is 0 Å². The summed E-state index contributed by atoms with van der Waals surface area (Å²) in [6.45, 7) is 10.5. The fourth-order valence-electron chi connectivity index (χ4n) is 1.94. The molecule has 0 bridgehead atoms. The van der Waals surface area contributed by atoms with Crippen LogP contribution in [0.15, 0.2) is 0 Å². The van der Waals surface area contributed by atoms with Gasteiger partial charge in [0.25, 0.3) is 0 Å². The first kappa shape index (κ1) is 14.3. The summed E-state index contributed by atoms with van der Waals surface area (Å²) in [7, 11) is 0. The van der Waals surface area contributed by atoms with E-state index < -0.39 is 0 Å². The zero-order valence-corrected chi connectivity index (χ0v) is 11.6. The van der Waals surface area contributed by atoms with Crippen molar-refractivity contribution < 1.29 is 9.53 Å². The molecule has 0 spiro atoms. The summed E-state index contributed by atoms with van der Waals surface area (Å²) in [6.07, 6.45) is 3.35. The number of hydrogen-bond acceptors (Lipinski definition) is 2. The van der Waals surface area contributed by atoms with Gasteiger partial charge in [-0.15, -0.1) is 0 Å². The molecule has 0 aromatic rings. The summed E-state index contributed by atoms with van der Waals surface area (Å²) in [4.78, 5) is 13.9. The van der Waals surface area contributed by atoms with Gasteiger partial charge in [-0.2, -0.15) is 0 Å². The Morgan fingerprint density at radius 1 is 1.47 bits per heavy atom. The van der Waals surface area contributed by atoms with Gasteiger partial charge in [-0.05, 0) is 40.0 Å². The first-order valence-corrected chi connectivity index (χ1v) is 6.61. The number of carbonyl (C=O) groups is 1. The number of nitrogens with zero attached hydrogens (tertiary/aromatic N) is 1. The van der Waals surface area contributed by atoms with Crippen molar-refractivity contribution >= 4 is 6.03 Å². The standard InChI is InChI=1S/C13H26N2O2/c1-5-9-17-11-7-6-8-15(10-11)12(16)14-13(2,3)4/h11H,5-10H2,1-4H3,(H,14,16). The Bertz CT molecular complexity index is 248. The molecule has 1 fully saturated rings. The van der Waals surface area contributed by atoms with Crippen molar-refractivity contribution in [3.05, 3.63) is 0 Å².